The minimum absolute atomic E-state index is 0.180. The summed E-state index contributed by atoms with van der Waals surface area (Å²) in [5.74, 6) is 0.863. The molecule has 2 N–H and O–H groups in total. The van der Waals surface area contributed by atoms with Crippen LogP contribution in [0.4, 0.5) is 4.79 Å². The first kappa shape index (κ1) is 20.0. The lowest BCUT2D eigenvalue weighted by Gasteiger charge is -2.31. The lowest BCUT2D eigenvalue weighted by Crippen LogP contribution is -2.47. The third-order valence-electron chi connectivity index (χ3n) is 5.23. The Labute approximate surface area is 184 Å². The summed E-state index contributed by atoms with van der Waals surface area (Å²) in [7, 11) is 0. The standard InChI is InChI=1S/C23H22N6O3/c30-23(24-14-18-13-19(27-26-18)16-7-3-1-4-8-16)29-11-12-31-20(15-29)21-25-22(32-28-21)17-9-5-2-6-10-17/h1-10,13,20H,11-12,14-15H2,(H,24,30)(H,26,27). The molecule has 2 amide bonds. The van der Waals surface area contributed by atoms with E-state index < -0.39 is 6.10 Å². The van der Waals surface area contributed by atoms with E-state index >= 15 is 0 Å². The molecule has 0 saturated carbocycles. The number of morpholine rings is 1. The van der Waals surface area contributed by atoms with Crippen molar-refractivity contribution in [2.24, 2.45) is 0 Å². The zero-order chi connectivity index (χ0) is 21.8. The first-order chi connectivity index (χ1) is 15.8. The fourth-order valence-electron chi connectivity index (χ4n) is 3.55. The molecule has 0 aliphatic carbocycles. The average Bonchev–Trinajstić information content (AvgIpc) is 3.54. The SMILES string of the molecule is O=C(NCc1cc(-c2ccccc2)n[nH]1)N1CCOC(c2noc(-c3ccccc3)n2)C1. The van der Waals surface area contributed by atoms with Crippen molar-refractivity contribution in [2.75, 3.05) is 19.7 Å². The van der Waals surface area contributed by atoms with Crippen LogP contribution in [-0.4, -0.2) is 51.0 Å². The Hall–Kier alpha value is -3.98. The van der Waals surface area contributed by atoms with Crippen LogP contribution >= 0.6 is 0 Å². The van der Waals surface area contributed by atoms with Crippen LogP contribution in [0.2, 0.25) is 0 Å². The third kappa shape index (κ3) is 4.37. The summed E-state index contributed by atoms with van der Waals surface area (Å²) in [4.78, 5) is 18.9. The van der Waals surface area contributed by atoms with Crippen molar-refractivity contribution in [2.45, 2.75) is 12.6 Å². The fourth-order valence-corrected chi connectivity index (χ4v) is 3.55. The van der Waals surface area contributed by atoms with Crippen molar-refractivity contribution >= 4 is 6.03 Å². The van der Waals surface area contributed by atoms with Crippen molar-refractivity contribution in [1.82, 2.24) is 30.6 Å². The number of benzene rings is 2. The van der Waals surface area contributed by atoms with Crippen LogP contribution in [0.5, 0.6) is 0 Å². The Kier molecular flexibility index (Phi) is 5.63. The summed E-state index contributed by atoms with van der Waals surface area (Å²) < 4.78 is 11.2. The number of nitrogens with one attached hydrogen (secondary N) is 2. The van der Waals surface area contributed by atoms with Crippen LogP contribution in [0, 0.1) is 0 Å². The molecule has 1 aliphatic heterocycles. The van der Waals surface area contributed by atoms with Crippen LogP contribution in [0.3, 0.4) is 0 Å². The van der Waals surface area contributed by atoms with Gasteiger partial charge in [0.25, 0.3) is 5.89 Å². The minimum atomic E-state index is -0.437. The second-order valence-electron chi connectivity index (χ2n) is 7.43. The van der Waals surface area contributed by atoms with Crippen LogP contribution in [0.1, 0.15) is 17.6 Å². The van der Waals surface area contributed by atoms with E-state index in [0.29, 0.717) is 38.0 Å². The fraction of sp³-hybridized carbons (Fsp3) is 0.217. The normalized spacial score (nSPS) is 16.1. The number of hydrogen-bond donors (Lipinski definition) is 2. The maximum Gasteiger partial charge on any atom is 0.317 e. The number of hydrogen-bond acceptors (Lipinski definition) is 6. The molecule has 0 spiro atoms. The molecule has 1 fully saturated rings. The maximum atomic E-state index is 12.7. The Morgan fingerprint density at radius 3 is 2.62 bits per heavy atom. The highest BCUT2D eigenvalue weighted by Gasteiger charge is 2.29. The predicted octanol–water partition coefficient (Wildman–Crippen LogP) is 3.41. The second-order valence-corrected chi connectivity index (χ2v) is 7.43. The molecular weight excluding hydrogens is 408 g/mol. The Balaban J connectivity index is 1.18. The van der Waals surface area contributed by atoms with Crippen LogP contribution in [0.25, 0.3) is 22.7 Å². The molecule has 0 radical (unpaired) electrons. The van der Waals surface area contributed by atoms with Gasteiger partial charge >= 0.3 is 6.03 Å². The van der Waals surface area contributed by atoms with Gasteiger partial charge in [-0.2, -0.15) is 10.1 Å². The van der Waals surface area contributed by atoms with Crippen molar-refractivity contribution in [1.29, 1.82) is 0 Å². The van der Waals surface area contributed by atoms with Gasteiger partial charge < -0.3 is 19.5 Å². The number of carbonyl (C=O) groups is 1. The second kappa shape index (κ2) is 9.03. The summed E-state index contributed by atoms with van der Waals surface area (Å²) in [6, 6.07) is 21.2. The van der Waals surface area contributed by atoms with E-state index in [0.717, 1.165) is 22.5 Å². The highest BCUT2D eigenvalue weighted by atomic mass is 16.5. The van der Waals surface area contributed by atoms with E-state index in [-0.39, 0.29) is 6.03 Å². The van der Waals surface area contributed by atoms with Gasteiger partial charge in [-0.25, -0.2) is 4.79 Å². The van der Waals surface area contributed by atoms with Gasteiger partial charge in [0, 0.05) is 17.7 Å². The number of nitrogens with zero attached hydrogens (tertiary/aromatic N) is 4. The topological polar surface area (TPSA) is 109 Å². The maximum absolute atomic E-state index is 12.7. The largest absolute Gasteiger partial charge is 0.366 e. The van der Waals surface area contributed by atoms with Crippen molar-refractivity contribution in [3.63, 3.8) is 0 Å². The number of ether oxygens (including phenoxy) is 1. The summed E-state index contributed by atoms with van der Waals surface area (Å²) >= 11 is 0. The lowest BCUT2D eigenvalue weighted by molar-refractivity contribution is -0.0209. The van der Waals surface area contributed by atoms with Gasteiger partial charge in [-0.3, -0.25) is 5.10 Å². The first-order valence-electron chi connectivity index (χ1n) is 10.4. The molecular formula is C23H22N6O3. The zero-order valence-electron chi connectivity index (χ0n) is 17.3. The van der Waals surface area contributed by atoms with Crippen molar-refractivity contribution in [3.05, 3.63) is 78.2 Å². The molecule has 2 aromatic heterocycles. The molecule has 4 aromatic rings. The highest BCUT2D eigenvalue weighted by Crippen LogP contribution is 2.24. The molecule has 3 heterocycles. The summed E-state index contributed by atoms with van der Waals surface area (Å²) in [5.41, 5.74) is 3.53. The lowest BCUT2D eigenvalue weighted by atomic mass is 10.1. The first-order valence-corrected chi connectivity index (χ1v) is 10.4. The summed E-state index contributed by atoms with van der Waals surface area (Å²) in [5, 5.41) is 14.3. The van der Waals surface area contributed by atoms with Crippen LogP contribution < -0.4 is 5.32 Å². The highest BCUT2D eigenvalue weighted by molar-refractivity contribution is 5.74. The van der Waals surface area contributed by atoms with Crippen molar-refractivity contribution in [3.8, 4) is 22.7 Å². The van der Waals surface area contributed by atoms with E-state index in [2.05, 4.69) is 25.7 Å². The monoisotopic (exact) mass is 430 g/mol. The quantitative estimate of drug-likeness (QED) is 0.502. The third-order valence-corrected chi connectivity index (χ3v) is 5.23. The average molecular weight is 430 g/mol. The molecule has 32 heavy (non-hydrogen) atoms. The van der Waals surface area contributed by atoms with Crippen LogP contribution in [-0.2, 0) is 11.3 Å². The predicted molar refractivity (Wildman–Crippen MR) is 116 cm³/mol. The van der Waals surface area contributed by atoms with Gasteiger partial charge in [0.15, 0.2) is 0 Å². The Morgan fingerprint density at radius 2 is 1.84 bits per heavy atom. The summed E-state index contributed by atoms with van der Waals surface area (Å²) in [6.45, 7) is 1.58. The van der Waals surface area contributed by atoms with Gasteiger partial charge in [-0.15, -0.1) is 0 Å². The number of carbonyl (C=O) groups excluding carboxylic acids is 1. The molecule has 1 aliphatic rings. The molecule has 1 atom stereocenters. The smallest absolute Gasteiger partial charge is 0.317 e. The number of amides is 2. The number of rotatable bonds is 5. The molecule has 0 bridgehead atoms. The molecule has 1 unspecified atom stereocenters. The van der Waals surface area contributed by atoms with E-state index in [4.69, 9.17) is 9.26 Å². The molecule has 162 valence electrons. The molecule has 9 nitrogen and oxygen atoms in total. The van der Waals surface area contributed by atoms with Gasteiger partial charge in [-0.05, 0) is 18.2 Å². The van der Waals surface area contributed by atoms with Gasteiger partial charge in [-0.1, -0.05) is 53.7 Å². The van der Waals surface area contributed by atoms with Gasteiger partial charge in [0.2, 0.25) is 5.82 Å². The van der Waals surface area contributed by atoms with E-state index in [1.54, 1.807) is 4.90 Å². The minimum Gasteiger partial charge on any atom is -0.366 e. The Bertz CT molecular complexity index is 1170. The van der Waals surface area contributed by atoms with Gasteiger partial charge in [0.1, 0.15) is 6.10 Å². The van der Waals surface area contributed by atoms with Crippen molar-refractivity contribution < 1.29 is 14.1 Å². The van der Waals surface area contributed by atoms with Crippen LogP contribution in [0.15, 0.2) is 71.3 Å². The number of aromatic nitrogens is 4. The molecule has 5 rings (SSSR count). The molecule has 2 aromatic carbocycles. The number of H-pyrrole nitrogens is 1. The van der Waals surface area contributed by atoms with E-state index in [9.17, 15) is 4.79 Å². The number of urea groups is 1. The molecule has 1 saturated heterocycles. The summed E-state index contributed by atoms with van der Waals surface area (Å²) in [6.07, 6.45) is -0.437. The Morgan fingerprint density at radius 1 is 1.09 bits per heavy atom. The van der Waals surface area contributed by atoms with E-state index in [1.165, 1.54) is 0 Å². The zero-order valence-corrected chi connectivity index (χ0v) is 17.3. The molecule has 9 heteroatoms. The number of aromatic amines is 1. The van der Waals surface area contributed by atoms with E-state index in [1.807, 2.05) is 66.7 Å². The van der Waals surface area contributed by atoms with Gasteiger partial charge in [0.05, 0.1) is 31.1 Å².